The second-order valence-corrected chi connectivity index (χ2v) is 5.53. The lowest BCUT2D eigenvalue weighted by molar-refractivity contribution is 0.0699. The molecule has 0 aliphatic heterocycles. The minimum absolute atomic E-state index is 0.228. The van der Waals surface area contributed by atoms with Crippen molar-refractivity contribution in [2.24, 2.45) is 0 Å². The number of carboxylic acids is 1. The van der Waals surface area contributed by atoms with Crippen LogP contribution in [0.15, 0.2) is 30.7 Å². The van der Waals surface area contributed by atoms with Gasteiger partial charge in [-0.15, -0.1) is 11.3 Å². The fraction of sp³-hybridized carbons (Fsp3) is 0.154. The summed E-state index contributed by atoms with van der Waals surface area (Å²) in [7, 11) is 0. The van der Waals surface area contributed by atoms with Crippen LogP contribution in [0.1, 0.15) is 20.2 Å². The summed E-state index contributed by atoms with van der Waals surface area (Å²) in [6.45, 7) is 2.62. The number of fused-ring (bicyclic) bond motifs is 1. The molecule has 0 saturated carbocycles. The normalized spacial score (nSPS) is 11.0. The number of aryl methyl sites for hydroxylation is 1. The first-order chi connectivity index (χ1) is 9.15. The molecule has 0 saturated heterocycles. The van der Waals surface area contributed by atoms with Crippen molar-refractivity contribution >= 4 is 28.3 Å². The fourth-order valence-electron chi connectivity index (χ4n) is 2.01. The lowest BCUT2D eigenvalue weighted by Crippen LogP contribution is -1.99. The Labute approximate surface area is 113 Å². The Kier molecular flexibility index (Phi) is 2.79. The summed E-state index contributed by atoms with van der Waals surface area (Å²) in [4.78, 5) is 20.8. The van der Waals surface area contributed by atoms with E-state index in [0.717, 1.165) is 15.4 Å². The van der Waals surface area contributed by atoms with E-state index in [1.54, 1.807) is 29.8 Å². The zero-order chi connectivity index (χ0) is 13.4. The zero-order valence-electron chi connectivity index (χ0n) is 10.2. The number of aromatic carboxylic acids is 1. The molecule has 0 unspecified atom stereocenters. The first-order valence-corrected chi connectivity index (χ1v) is 6.55. The van der Waals surface area contributed by atoms with Gasteiger partial charge in [0.1, 0.15) is 10.5 Å². The molecule has 5 nitrogen and oxygen atoms in total. The third-order valence-electron chi connectivity index (χ3n) is 2.86. The maximum atomic E-state index is 11.1. The molecule has 0 fully saturated rings. The van der Waals surface area contributed by atoms with E-state index in [9.17, 15) is 4.79 Å². The highest BCUT2D eigenvalue weighted by Gasteiger charge is 2.12. The summed E-state index contributed by atoms with van der Waals surface area (Å²) in [5.74, 6) is -0.957. The molecule has 0 bridgehead atoms. The molecule has 0 aliphatic carbocycles. The number of thiazole rings is 1. The van der Waals surface area contributed by atoms with Crippen molar-refractivity contribution in [2.75, 3.05) is 0 Å². The van der Waals surface area contributed by atoms with Crippen LogP contribution in [0.4, 0.5) is 0 Å². The van der Waals surface area contributed by atoms with Crippen LogP contribution in [0, 0.1) is 6.92 Å². The Morgan fingerprint density at radius 2 is 2.26 bits per heavy atom. The van der Waals surface area contributed by atoms with Gasteiger partial charge in [-0.25, -0.2) is 14.8 Å². The van der Waals surface area contributed by atoms with Crippen LogP contribution < -0.4 is 0 Å². The molecule has 19 heavy (non-hydrogen) atoms. The highest BCUT2D eigenvalue weighted by molar-refractivity contribution is 7.11. The Bertz CT molecular complexity index is 760. The number of benzene rings is 1. The van der Waals surface area contributed by atoms with Crippen molar-refractivity contribution < 1.29 is 9.90 Å². The van der Waals surface area contributed by atoms with Crippen LogP contribution in [0.3, 0.4) is 0 Å². The summed E-state index contributed by atoms with van der Waals surface area (Å²) < 4.78 is 1.92. The van der Waals surface area contributed by atoms with Gasteiger partial charge < -0.3 is 9.67 Å². The number of hydrogen-bond acceptors (Lipinski definition) is 4. The molecule has 1 aromatic carbocycles. The monoisotopic (exact) mass is 273 g/mol. The van der Waals surface area contributed by atoms with Crippen molar-refractivity contribution in [1.29, 1.82) is 0 Å². The second kappa shape index (κ2) is 4.47. The lowest BCUT2D eigenvalue weighted by Gasteiger charge is -2.01. The highest BCUT2D eigenvalue weighted by atomic mass is 32.1. The smallest absolute Gasteiger partial charge is 0.337 e. The Hall–Kier alpha value is -2.21. The van der Waals surface area contributed by atoms with Crippen molar-refractivity contribution in [3.05, 3.63) is 46.2 Å². The van der Waals surface area contributed by atoms with E-state index >= 15 is 0 Å². The number of para-hydroxylation sites is 1. The first-order valence-electron chi connectivity index (χ1n) is 5.73. The molecule has 1 N–H and O–H groups in total. The maximum absolute atomic E-state index is 11.1. The van der Waals surface area contributed by atoms with E-state index in [0.29, 0.717) is 12.1 Å². The topological polar surface area (TPSA) is 68.0 Å². The number of hydrogen-bond donors (Lipinski definition) is 1. The van der Waals surface area contributed by atoms with Gasteiger partial charge in [0.25, 0.3) is 0 Å². The average Bonchev–Trinajstić information content (AvgIpc) is 2.97. The standard InChI is InChI=1S/C13H11N3O2S/c1-8-5-14-11(19-8)6-16-7-15-12-9(13(17)18)3-2-4-10(12)16/h2-5,7H,6H2,1H3,(H,17,18). The molecule has 6 heteroatoms. The van der Waals surface area contributed by atoms with Gasteiger partial charge in [-0.3, -0.25) is 0 Å². The quantitative estimate of drug-likeness (QED) is 0.796. The molecule has 0 radical (unpaired) electrons. The molecule has 2 aromatic heterocycles. The van der Waals surface area contributed by atoms with Gasteiger partial charge in [-0.1, -0.05) is 6.07 Å². The van der Waals surface area contributed by atoms with Crippen LogP contribution >= 0.6 is 11.3 Å². The van der Waals surface area contributed by atoms with Gasteiger partial charge in [0.2, 0.25) is 0 Å². The van der Waals surface area contributed by atoms with E-state index in [-0.39, 0.29) is 5.56 Å². The van der Waals surface area contributed by atoms with Crippen molar-refractivity contribution in [1.82, 2.24) is 14.5 Å². The molecule has 3 aromatic rings. The van der Waals surface area contributed by atoms with Crippen molar-refractivity contribution in [3.8, 4) is 0 Å². The predicted molar refractivity (Wildman–Crippen MR) is 72.6 cm³/mol. The number of carbonyl (C=O) groups is 1. The molecule has 0 atom stereocenters. The lowest BCUT2D eigenvalue weighted by atomic mass is 10.2. The number of carboxylic acid groups (broad SMARTS) is 1. The van der Waals surface area contributed by atoms with E-state index < -0.39 is 5.97 Å². The average molecular weight is 273 g/mol. The molecular weight excluding hydrogens is 262 g/mol. The first kappa shape index (κ1) is 11.9. The third kappa shape index (κ3) is 2.10. The van der Waals surface area contributed by atoms with Crippen LogP contribution in [-0.2, 0) is 6.54 Å². The molecule has 2 heterocycles. The Morgan fingerprint density at radius 1 is 1.42 bits per heavy atom. The number of aromatic nitrogens is 3. The van der Waals surface area contributed by atoms with Crippen LogP contribution in [-0.4, -0.2) is 25.6 Å². The molecule has 0 aliphatic rings. The van der Waals surface area contributed by atoms with Gasteiger partial charge in [-0.05, 0) is 19.1 Å². The van der Waals surface area contributed by atoms with Crippen molar-refractivity contribution in [2.45, 2.75) is 13.5 Å². The number of nitrogens with zero attached hydrogens (tertiary/aromatic N) is 3. The van der Waals surface area contributed by atoms with Gasteiger partial charge in [-0.2, -0.15) is 0 Å². The summed E-state index contributed by atoms with van der Waals surface area (Å²) in [5.41, 5.74) is 1.56. The van der Waals surface area contributed by atoms with Gasteiger partial charge >= 0.3 is 5.97 Å². The third-order valence-corrected chi connectivity index (χ3v) is 3.75. The van der Waals surface area contributed by atoms with Gasteiger partial charge in [0.05, 0.1) is 24.0 Å². The van der Waals surface area contributed by atoms with Crippen molar-refractivity contribution in [3.63, 3.8) is 0 Å². The number of rotatable bonds is 3. The predicted octanol–water partition coefficient (Wildman–Crippen LogP) is 2.55. The summed E-state index contributed by atoms with van der Waals surface area (Å²) in [5, 5.41) is 10.1. The van der Waals surface area contributed by atoms with E-state index in [4.69, 9.17) is 5.11 Å². The molecule has 0 amide bonds. The van der Waals surface area contributed by atoms with E-state index in [1.165, 1.54) is 0 Å². The largest absolute Gasteiger partial charge is 0.478 e. The SMILES string of the molecule is Cc1cnc(Cn2cnc3c(C(=O)O)cccc32)s1. The molecule has 3 rings (SSSR count). The van der Waals surface area contributed by atoms with Crippen LogP contribution in [0.2, 0.25) is 0 Å². The second-order valence-electron chi connectivity index (χ2n) is 4.22. The number of imidazole rings is 1. The molecular formula is C13H11N3O2S. The highest BCUT2D eigenvalue weighted by Crippen LogP contribution is 2.20. The maximum Gasteiger partial charge on any atom is 0.337 e. The zero-order valence-corrected chi connectivity index (χ0v) is 11.0. The minimum Gasteiger partial charge on any atom is -0.478 e. The van der Waals surface area contributed by atoms with Gasteiger partial charge in [0.15, 0.2) is 0 Å². The minimum atomic E-state index is -0.957. The summed E-state index contributed by atoms with van der Waals surface area (Å²) in [6, 6.07) is 5.17. The van der Waals surface area contributed by atoms with E-state index in [2.05, 4.69) is 9.97 Å². The van der Waals surface area contributed by atoms with Crippen LogP contribution in [0.25, 0.3) is 11.0 Å². The fourth-order valence-corrected chi connectivity index (χ4v) is 2.79. The Morgan fingerprint density at radius 3 is 2.95 bits per heavy atom. The molecule has 0 spiro atoms. The summed E-state index contributed by atoms with van der Waals surface area (Å²) >= 11 is 1.63. The van der Waals surface area contributed by atoms with E-state index in [1.807, 2.05) is 23.8 Å². The summed E-state index contributed by atoms with van der Waals surface area (Å²) in [6.07, 6.45) is 3.50. The van der Waals surface area contributed by atoms with Crippen LogP contribution in [0.5, 0.6) is 0 Å². The Balaban J connectivity index is 2.06. The molecule has 96 valence electrons. The van der Waals surface area contributed by atoms with Gasteiger partial charge in [0, 0.05) is 11.1 Å².